The lowest BCUT2D eigenvalue weighted by Crippen LogP contribution is -2.31. The van der Waals surface area contributed by atoms with Crippen LogP contribution in [0.4, 0.5) is 0 Å². The zero-order valence-corrected chi connectivity index (χ0v) is 23.4. The number of benzene rings is 2. The van der Waals surface area contributed by atoms with E-state index in [1.165, 1.54) is 10.6 Å². The van der Waals surface area contributed by atoms with Gasteiger partial charge in [-0.1, -0.05) is 36.7 Å². The summed E-state index contributed by atoms with van der Waals surface area (Å²) in [6.07, 6.45) is 4.29. The van der Waals surface area contributed by atoms with Crippen molar-refractivity contribution < 1.29 is 19.1 Å². The van der Waals surface area contributed by atoms with Gasteiger partial charge in [0.05, 0.1) is 11.6 Å². The minimum atomic E-state index is -0.724. The summed E-state index contributed by atoms with van der Waals surface area (Å²) in [5, 5.41) is 0.549. The van der Waals surface area contributed by atoms with Crippen molar-refractivity contribution in [1.29, 1.82) is 0 Å². The second-order valence-corrected chi connectivity index (χ2v) is 12.1. The standard InChI is InChI=1S/C32H32ClNO5/c1-5-26(27(35)14-19-6-8-20(9-7-19)30(38)39-31(2,3)4)34-18-24-22(16-29(34)37)23-15-21(33)10-11-25(23)32(12-13-32)17-28(24)36/h6-11,15-16,18,26H,5,12-14,17H2,1-4H3. The van der Waals surface area contributed by atoms with Gasteiger partial charge in [0, 0.05) is 41.1 Å². The van der Waals surface area contributed by atoms with E-state index >= 15 is 0 Å². The summed E-state index contributed by atoms with van der Waals surface area (Å²) in [5.41, 5.74) is 2.93. The molecule has 5 rings (SSSR count). The van der Waals surface area contributed by atoms with Gasteiger partial charge in [0.15, 0.2) is 11.6 Å². The number of rotatable bonds is 6. The maximum Gasteiger partial charge on any atom is 0.338 e. The lowest BCUT2D eigenvalue weighted by atomic mass is 9.88. The molecule has 1 atom stereocenters. The molecular weight excluding hydrogens is 514 g/mol. The number of nitrogens with zero attached hydrogens (tertiary/aromatic N) is 1. The van der Waals surface area contributed by atoms with Crippen molar-refractivity contribution in [2.75, 3.05) is 0 Å². The van der Waals surface area contributed by atoms with Crippen LogP contribution in [0.2, 0.25) is 5.02 Å². The van der Waals surface area contributed by atoms with Gasteiger partial charge in [0.25, 0.3) is 5.56 Å². The molecule has 1 unspecified atom stereocenters. The molecule has 0 bridgehead atoms. The molecule has 7 heteroatoms. The molecule has 39 heavy (non-hydrogen) atoms. The molecule has 1 fully saturated rings. The maximum absolute atomic E-state index is 13.5. The first-order valence-electron chi connectivity index (χ1n) is 13.4. The number of hydrogen-bond donors (Lipinski definition) is 0. The summed E-state index contributed by atoms with van der Waals surface area (Å²) in [4.78, 5) is 52.6. The third-order valence-corrected chi connectivity index (χ3v) is 7.87. The predicted octanol–water partition coefficient (Wildman–Crippen LogP) is 6.50. The number of esters is 1. The number of aromatic nitrogens is 1. The molecule has 1 spiro atoms. The average Bonchev–Trinajstić information content (AvgIpc) is 3.65. The van der Waals surface area contributed by atoms with Crippen molar-refractivity contribution in [2.24, 2.45) is 0 Å². The van der Waals surface area contributed by atoms with Crippen LogP contribution >= 0.6 is 11.6 Å². The van der Waals surface area contributed by atoms with Gasteiger partial charge in [0.1, 0.15) is 5.60 Å². The molecular formula is C32H32ClNO5. The molecule has 1 aromatic heterocycles. The lowest BCUT2D eigenvalue weighted by Gasteiger charge is -2.20. The van der Waals surface area contributed by atoms with E-state index in [0.29, 0.717) is 34.6 Å². The second kappa shape index (κ2) is 9.91. The van der Waals surface area contributed by atoms with Crippen LogP contribution in [0.15, 0.2) is 59.5 Å². The number of carbonyl (C=O) groups excluding carboxylic acids is 3. The highest BCUT2D eigenvalue weighted by Gasteiger charge is 2.49. The molecule has 6 nitrogen and oxygen atoms in total. The van der Waals surface area contributed by atoms with Gasteiger partial charge in [-0.15, -0.1) is 0 Å². The number of halogens is 1. The second-order valence-electron chi connectivity index (χ2n) is 11.7. The molecule has 2 aliphatic rings. The first-order valence-corrected chi connectivity index (χ1v) is 13.7. The van der Waals surface area contributed by atoms with Crippen molar-refractivity contribution >= 4 is 29.1 Å². The minimum absolute atomic E-state index is 0.0244. The van der Waals surface area contributed by atoms with Crippen LogP contribution in [0.3, 0.4) is 0 Å². The molecule has 0 saturated heterocycles. The Bertz CT molecular complexity index is 1540. The SMILES string of the molecule is CCC(C(=O)Cc1ccc(C(=O)OC(C)(C)C)cc1)n1cc2c(cc1=O)-c1cc(Cl)ccc1C1(CC1)CC2=O. The van der Waals surface area contributed by atoms with Crippen molar-refractivity contribution in [3.63, 3.8) is 0 Å². The fourth-order valence-corrected chi connectivity index (χ4v) is 5.70. The van der Waals surface area contributed by atoms with Gasteiger partial charge >= 0.3 is 5.97 Å². The molecule has 202 valence electrons. The normalized spacial score (nSPS) is 16.2. The van der Waals surface area contributed by atoms with Crippen molar-refractivity contribution in [3.8, 4) is 11.1 Å². The zero-order valence-electron chi connectivity index (χ0n) is 22.7. The highest BCUT2D eigenvalue weighted by molar-refractivity contribution is 6.31. The van der Waals surface area contributed by atoms with Gasteiger partial charge in [-0.2, -0.15) is 0 Å². The Morgan fingerprint density at radius 3 is 2.31 bits per heavy atom. The van der Waals surface area contributed by atoms with E-state index in [0.717, 1.165) is 29.5 Å². The van der Waals surface area contributed by atoms with Crippen LogP contribution in [-0.2, 0) is 21.4 Å². The van der Waals surface area contributed by atoms with Crippen molar-refractivity contribution in [2.45, 2.75) is 76.9 Å². The summed E-state index contributed by atoms with van der Waals surface area (Å²) in [5.74, 6) is -0.597. The Morgan fingerprint density at radius 2 is 1.69 bits per heavy atom. The lowest BCUT2D eigenvalue weighted by molar-refractivity contribution is -0.121. The number of Topliss-reactive ketones (excluding diaryl/α,β-unsaturated/α-hetero) is 2. The molecule has 3 aromatic rings. The molecule has 1 saturated carbocycles. The third kappa shape index (κ3) is 5.35. The Balaban J connectivity index is 1.44. The fourth-order valence-electron chi connectivity index (χ4n) is 5.53. The first-order chi connectivity index (χ1) is 18.4. The maximum atomic E-state index is 13.5. The Morgan fingerprint density at radius 1 is 1.00 bits per heavy atom. The van der Waals surface area contributed by atoms with Crippen LogP contribution < -0.4 is 5.56 Å². The Labute approximate surface area is 233 Å². The van der Waals surface area contributed by atoms with E-state index in [1.54, 1.807) is 51.2 Å². The van der Waals surface area contributed by atoms with Crippen LogP contribution in [0.1, 0.15) is 91.3 Å². The predicted molar refractivity (Wildman–Crippen MR) is 151 cm³/mol. The summed E-state index contributed by atoms with van der Waals surface area (Å²) in [6.45, 7) is 7.26. The molecule has 0 amide bonds. The van der Waals surface area contributed by atoms with Crippen LogP contribution in [0.25, 0.3) is 11.1 Å². The summed E-state index contributed by atoms with van der Waals surface area (Å²) >= 11 is 6.33. The molecule has 0 N–H and O–H groups in total. The quantitative estimate of drug-likeness (QED) is 0.330. The van der Waals surface area contributed by atoms with Crippen molar-refractivity contribution in [1.82, 2.24) is 4.57 Å². The number of ketones is 2. The number of ether oxygens (including phenoxy) is 1. The van der Waals surface area contributed by atoms with Crippen molar-refractivity contribution in [3.05, 3.63) is 92.4 Å². The Hall–Kier alpha value is -3.51. The van der Waals surface area contributed by atoms with Crippen LogP contribution in [-0.4, -0.2) is 27.7 Å². The average molecular weight is 546 g/mol. The van der Waals surface area contributed by atoms with Gasteiger partial charge in [-0.3, -0.25) is 14.4 Å². The highest BCUT2D eigenvalue weighted by atomic mass is 35.5. The van der Waals surface area contributed by atoms with Gasteiger partial charge in [-0.25, -0.2) is 4.79 Å². The molecule has 0 radical (unpaired) electrons. The van der Waals surface area contributed by atoms with E-state index in [9.17, 15) is 19.2 Å². The summed E-state index contributed by atoms with van der Waals surface area (Å²) in [6, 6.07) is 13.1. The molecule has 1 heterocycles. The first kappa shape index (κ1) is 27.1. The summed E-state index contributed by atoms with van der Waals surface area (Å²) in [7, 11) is 0. The van der Waals surface area contributed by atoms with Crippen LogP contribution in [0, 0.1) is 0 Å². The number of carbonyl (C=O) groups is 3. The number of hydrogen-bond acceptors (Lipinski definition) is 5. The van der Waals surface area contributed by atoms with E-state index in [2.05, 4.69) is 0 Å². The molecule has 2 aliphatic carbocycles. The fraction of sp³-hybridized carbons (Fsp3) is 0.375. The minimum Gasteiger partial charge on any atom is -0.456 e. The Kier molecular flexibility index (Phi) is 6.88. The highest BCUT2D eigenvalue weighted by Crippen LogP contribution is 2.56. The zero-order chi connectivity index (χ0) is 28.1. The smallest absolute Gasteiger partial charge is 0.338 e. The van der Waals surface area contributed by atoms with Gasteiger partial charge in [0.2, 0.25) is 0 Å². The molecule has 2 aromatic carbocycles. The largest absolute Gasteiger partial charge is 0.456 e. The van der Waals surface area contributed by atoms with E-state index < -0.39 is 17.6 Å². The van der Waals surface area contributed by atoms with E-state index in [4.69, 9.17) is 16.3 Å². The van der Waals surface area contributed by atoms with Gasteiger partial charge in [-0.05, 0) is 86.6 Å². The number of pyridine rings is 1. The number of fused-ring (bicyclic) bond motifs is 4. The third-order valence-electron chi connectivity index (χ3n) is 7.64. The van der Waals surface area contributed by atoms with Crippen LogP contribution in [0.5, 0.6) is 0 Å². The van der Waals surface area contributed by atoms with E-state index in [-0.39, 0.29) is 29.0 Å². The van der Waals surface area contributed by atoms with Gasteiger partial charge < -0.3 is 9.30 Å². The summed E-state index contributed by atoms with van der Waals surface area (Å²) < 4.78 is 6.81. The monoisotopic (exact) mass is 545 g/mol. The van der Waals surface area contributed by atoms with E-state index in [1.807, 2.05) is 25.1 Å². The topological polar surface area (TPSA) is 82.4 Å². The molecule has 0 aliphatic heterocycles.